The average Bonchev–Trinajstić information content (AvgIpc) is 2.79. The molecule has 1 aliphatic rings. The first kappa shape index (κ1) is 19.4. The minimum Gasteiger partial charge on any atom is -0.469 e. The maximum absolute atomic E-state index is 11.5. The van der Waals surface area contributed by atoms with Crippen LogP contribution in [-0.4, -0.2) is 44.4 Å². The average molecular weight is 337 g/mol. The molecule has 0 radical (unpaired) electrons. The van der Waals surface area contributed by atoms with Crippen molar-refractivity contribution in [2.45, 2.75) is 51.4 Å². The Labute approximate surface area is 139 Å². The molecule has 0 atom stereocenters. The van der Waals surface area contributed by atoms with Gasteiger partial charge in [-0.15, -0.1) is 0 Å². The first-order valence-corrected chi connectivity index (χ1v) is 11.7. The summed E-state index contributed by atoms with van der Waals surface area (Å²) in [5, 5.41) is 0. The molecule has 5 nitrogen and oxygen atoms in total. The van der Waals surface area contributed by atoms with Crippen molar-refractivity contribution in [1.29, 1.82) is 0 Å². The molecule has 23 heavy (non-hydrogen) atoms. The molecular weight excluding hydrogens is 310 g/mol. The van der Waals surface area contributed by atoms with Crippen molar-refractivity contribution >= 4 is 25.9 Å². The van der Waals surface area contributed by atoms with Crippen LogP contribution in [0.1, 0.15) is 25.7 Å². The first-order valence-electron chi connectivity index (χ1n) is 8.01. The zero-order valence-corrected chi connectivity index (χ0v) is 15.6. The summed E-state index contributed by atoms with van der Waals surface area (Å²) >= 11 is 0. The van der Waals surface area contributed by atoms with E-state index in [0.717, 1.165) is 18.9 Å². The van der Waals surface area contributed by atoms with Crippen LogP contribution >= 0.6 is 0 Å². The third-order valence-corrected chi connectivity index (χ3v) is 5.09. The molecule has 0 unspecified atom stereocenters. The Balaban J connectivity index is 2.53. The number of esters is 1. The number of hydrogen-bond acceptors (Lipinski definition) is 4. The molecule has 0 bridgehead atoms. The van der Waals surface area contributed by atoms with E-state index >= 15 is 0 Å². The van der Waals surface area contributed by atoms with Crippen molar-refractivity contribution in [2.24, 2.45) is 0 Å². The summed E-state index contributed by atoms with van der Waals surface area (Å²) in [4.78, 5) is 35.6. The number of amides is 2. The molecule has 1 heterocycles. The van der Waals surface area contributed by atoms with Crippen molar-refractivity contribution in [3.05, 3.63) is 23.8 Å². The number of hydrogen-bond donors (Lipinski definition) is 0. The summed E-state index contributed by atoms with van der Waals surface area (Å²) in [5.41, 5.74) is 1.21. The zero-order valence-electron chi connectivity index (χ0n) is 14.6. The molecule has 0 spiro atoms. The molecule has 0 fully saturated rings. The standard InChI is InChI=1S/C17H27NO4Si/c1-22-17(21)10-7-14(11-13-23(2,3)4)6-5-12-18-15(19)8-9-16(18)20/h8-9,11H,5-7,10,12-13H2,1-4H3/b14-11+. The van der Waals surface area contributed by atoms with Gasteiger partial charge in [-0.25, -0.2) is 0 Å². The molecule has 2 amide bonds. The lowest BCUT2D eigenvalue weighted by molar-refractivity contribution is -0.140. The Morgan fingerprint density at radius 3 is 2.26 bits per heavy atom. The van der Waals surface area contributed by atoms with E-state index in [9.17, 15) is 14.4 Å². The lowest BCUT2D eigenvalue weighted by Gasteiger charge is -2.16. The van der Waals surface area contributed by atoms with Crippen LogP contribution in [0.5, 0.6) is 0 Å². The summed E-state index contributed by atoms with van der Waals surface area (Å²) in [6.07, 6.45) is 7.41. The number of rotatable bonds is 9. The fraction of sp³-hybridized carbons (Fsp3) is 0.588. The van der Waals surface area contributed by atoms with Gasteiger partial charge in [-0.2, -0.15) is 0 Å². The molecule has 128 valence electrons. The highest BCUT2D eigenvalue weighted by atomic mass is 28.3. The van der Waals surface area contributed by atoms with Crippen molar-refractivity contribution in [3.63, 3.8) is 0 Å². The molecular formula is C17H27NO4Si. The summed E-state index contributed by atoms with van der Waals surface area (Å²) in [6, 6.07) is 1.06. The predicted octanol–water partition coefficient (Wildman–Crippen LogP) is 2.91. The summed E-state index contributed by atoms with van der Waals surface area (Å²) in [7, 11) is 0.202. The van der Waals surface area contributed by atoms with Gasteiger partial charge < -0.3 is 4.74 Å². The molecule has 6 heteroatoms. The van der Waals surface area contributed by atoms with Crippen LogP contribution in [0.3, 0.4) is 0 Å². The maximum atomic E-state index is 11.5. The van der Waals surface area contributed by atoms with E-state index in [1.807, 2.05) is 0 Å². The second-order valence-electron chi connectivity index (χ2n) is 6.97. The van der Waals surface area contributed by atoms with Crippen LogP contribution in [0.15, 0.2) is 23.8 Å². The Morgan fingerprint density at radius 1 is 1.13 bits per heavy atom. The number of carbonyl (C=O) groups is 3. The van der Waals surface area contributed by atoms with Crippen LogP contribution in [0.2, 0.25) is 25.7 Å². The molecule has 0 saturated heterocycles. The quantitative estimate of drug-likeness (QED) is 0.281. The molecule has 0 aromatic heterocycles. The highest BCUT2D eigenvalue weighted by molar-refractivity contribution is 6.76. The van der Waals surface area contributed by atoms with E-state index in [1.54, 1.807) is 0 Å². The normalized spacial score (nSPS) is 15.5. The Kier molecular flexibility index (Phi) is 7.42. The van der Waals surface area contributed by atoms with Gasteiger partial charge in [0.25, 0.3) is 11.8 Å². The van der Waals surface area contributed by atoms with E-state index < -0.39 is 8.07 Å². The zero-order chi connectivity index (χ0) is 17.5. The van der Waals surface area contributed by atoms with Crippen LogP contribution in [0.25, 0.3) is 0 Å². The Hall–Kier alpha value is -1.69. The van der Waals surface area contributed by atoms with E-state index in [4.69, 9.17) is 4.74 Å². The van der Waals surface area contributed by atoms with Gasteiger partial charge in [0.1, 0.15) is 0 Å². The number of methoxy groups -OCH3 is 1. The monoisotopic (exact) mass is 337 g/mol. The van der Waals surface area contributed by atoms with Gasteiger partial charge in [0.05, 0.1) is 7.11 Å². The number of imide groups is 1. The van der Waals surface area contributed by atoms with Crippen molar-refractivity contribution in [1.82, 2.24) is 4.90 Å². The van der Waals surface area contributed by atoms with Gasteiger partial charge in [-0.3, -0.25) is 19.3 Å². The summed E-state index contributed by atoms with van der Waals surface area (Å²) in [5.74, 6) is -0.688. The number of ether oxygens (including phenoxy) is 1. The van der Waals surface area contributed by atoms with E-state index in [0.29, 0.717) is 19.4 Å². The SMILES string of the molecule is COC(=O)CC/C(=C/C[Si](C)(C)C)CCCN1C(=O)C=CC1=O. The van der Waals surface area contributed by atoms with Crippen molar-refractivity contribution in [3.8, 4) is 0 Å². The molecule has 1 aliphatic heterocycles. The number of allylic oxidation sites excluding steroid dienone is 2. The fourth-order valence-corrected chi connectivity index (χ4v) is 3.16. The van der Waals surface area contributed by atoms with Gasteiger partial charge in [-0.1, -0.05) is 31.3 Å². The first-order chi connectivity index (χ1) is 10.7. The lowest BCUT2D eigenvalue weighted by Crippen LogP contribution is -2.30. The maximum Gasteiger partial charge on any atom is 0.305 e. The van der Waals surface area contributed by atoms with Gasteiger partial charge in [-0.05, 0) is 25.3 Å². The van der Waals surface area contributed by atoms with Gasteiger partial charge in [0.2, 0.25) is 0 Å². The number of carbonyl (C=O) groups excluding carboxylic acids is 3. The predicted molar refractivity (Wildman–Crippen MR) is 92.6 cm³/mol. The van der Waals surface area contributed by atoms with E-state index in [2.05, 4.69) is 25.7 Å². The summed E-state index contributed by atoms with van der Waals surface area (Å²) < 4.78 is 4.70. The lowest BCUT2D eigenvalue weighted by atomic mass is 10.0. The minimum atomic E-state index is -1.19. The second kappa shape index (κ2) is 8.81. The largest absolute Gasteiger partial charge is 0.469 e. The smallest absolute Gasteiger partial charge is 0.305 e. The fourth-order valence-electron chi connectivity index (χ4n) is 2.26. The molecule has 0 aliphatic carbocycles. The summed E-state index contributed by atoms with van der Waals surface area (Å²) in [6.45, 7) is 7.32. The third-order valence-electron chi connectivity index (χ3n) is 3.66. The molecule has 0 aromatic rings. The van der Waals surface area contributed by atoms with E-state index in [-0.39, 0.29) is 17.8 Å². The molecule has 0 aromatic carbocycles. The molecule has 0 saturated carbocycles. The Bertz CT molecular complexity index is 499. The topological polar surface area (TPSA) is 63.7 Å². The number of nitrogens with zero attached hydrogens (tertiary/aromatic N) is 1. The van der Waals surface area contributed by atoms with Gasteiger partial charge in [0, 0.05) is 33.2 Å². The molecule has 0 N–H and O–H groups in total. The van der Waals surface area contributed by atoms with E-state index in [1.165, 1.54) is 29.7 Å². The minimum absolute atomic E-state index is 0.210. The van der Waals surface area contributed by atoms with Crippen molar-refractivity contribution < 1.29 is 19.1 Å². The third kappa shape index (κ3) is 7.41. The van der Waals surface area contributed by atoms with Crippen LogP contribution < -0.4 is 0 Å². The van der Waals surface area contributed by atoms with Gasteiger partial charge in [0.15, 0.2) is 0 Å². The van der Waals surface area contributed by atoms with Crippen LogP contribution in [0.4, 0.5) is 0 Å². The van der Waals surface area contributed by atoms with Gasteiger partial charge >= 0.3 is 5.97 Å². The highest BCUT2D eigenvalue weighted by Crippen LogP contribution is 2.19. The van der Waals surface area contributed by atoms with Crippen LogP contribution in [0, 0.1) is 0 Å². The van der Waals surface area contributed by atoms with Crippen molar-refractivity contribution in [2.75, 3.05) is 13.7 Å². The Morgan fingerprint density at radius 2 is 1.74 bits per heavy atom. The highest BCUT2D eigenvalue weighted by Gasteiger charge is 2.22. The van der Waals surface area contributed by atoms with Crippen LogP contribution in [-0.2, 0) is 19.1 Å². The second-order valence-corrected chi connectivity index (χ2v) is 12.5. The molecule has 1 rings (SSSR count).